The molecule has 6 nitrogen and oxygen atoms in total. The summed E-state index contributed by atoms with van der Waals surface area (Å²) in [4.78, 5) is 8.71. The van der Waals surface area contributed by atoms with Crippen LogP contribution in [0.4, 0.5) is 5.95 Å². The number of nitrogens with two attached hydrogens (primary N) is 1. The van der Waals surface area contributed by atoms with Crippen molar-refractivity contribution in [2.75, 3.05) is 5.32 Å². The molecule has 3 N–H and O–H groups in total. The van der Waals surface area contributed by atoms with Crippen molar-refractivity contribution < 1.29 is 0 Å². The van der Waals surface area contributed by atoms with Gasteiger partial charge in [-0.15, -0.1) is 0 Å². The molecule has 0 spiro atoms. The standard InChI is InChI=1S/C11H12N6S/c1-7-5-9(10(12)18)16-11(15-7)13-6-8-3-2-4-14-17-8/h2-5H,6H2,1H3,(H2,12,18)(H,13,15,16). The Hall–Kier alpha value is -2.15. The minimum atomic E-state index is 0.253. The minimum Gasteiger partial charge on any atom is -0.388 e. The second kappa shape index (κ2) is 5.46. The summed E-state index contributed by atoms with van der Waals surface area (Å²) in [6.07, 6.45) is 1.62. The smallest absolute Gasteiger partial charge is 0.223 e. The van der Waals surface area contributed by atoms with E-state index in [0.29, 0.717) is 18.2 Å². The second-order valence-corrected chi connectivity index (χ2v) is 4.09. The largest absolute Gasteiger partial charge is 0.388 e. The number of thiocarbonyl (C=S) groups is 1. The number of anilines is 1. The molecule has 0 aliphatic rings. The van der Waals surface area contributed by atoms with Crippen LogP contribution in [0.25, 0.3) is 0 Å². The van der Waals surface area contributed by atoms with Crippen molar-refractivity contribution in [3.63, 3.8) is 0 Å². The van der Waals surface area contributed by atoms with Crippen LogP contribution in [0, 0.1) is 6.92 Å². The molecule has 0 unspecified atom stereocenters. The molecule has 0 aromatic carbocycles. The Labute approximate surface area is 110 Å². The topological polar surface area (TPSA) is 89.6 Å². The number of hydrogen-bond acceptors (Lipinski definition) is 6. The van der Waals surface area contributed by atoms with Gasteiger partial charge in [0.25, 0.3) is 0 Å². The summed E-state index contributed by atoms with van der Waals surface area (Å²) in [5.74, 6) is 0.475. The van der Waals surface area contributed by atoms with Gasteiger partial charge >= 0.3 is 0 Å². The van der Waals surface area contributed by atoms with Crippen LogP contribution in [0.1, 0.15) is 17.1 Å². The Morgan fingerprint density at radius 3 is 2.94 bits per heavy atom. The Morgan fingerprint density at radius 2 is 2.28 bits per heavy atom. The maximum atomic E-state index is 5.55. The first-order chi connectivity index (χ1) is 8.65. The molecule has 0 aliphatic carbocycles. The van der Waals surface area contributed by atoms with Gasteiger partial charge in [-0.05, 0) is 25.1 Å². The van der Waals surface area contributed by atoms with Gasteiger partial charge in [0.15, 0.2) is 0 Å². The fourth-order valence-electron chi connectivity index (χ4n) is 1.37. The molecule has 2 aromatic rings. The van der Waals surface area contributed by atoms with Gasteiger partial charge in [-0.3, -0.25) is 0 Å². The molecule has 0 saturated heterocycles. The SMILES string of the molecule is Cc1cc(C(N)=S)nc(NCc2cccnn2)n1. The fourth-order valence-corrected chi connectivity index (χ4v) is 1.48. The zero-order chi connectivity index (χ0) is 13.0. The summed E-state index contributed by atoms with van der Waals surface area (Å²) >= 11 is 4.90. The summed E-state index contributed by atoms with van der Waals surface area (Å²) in [6.45, 7) is 2.35. The Bertz CT molecular complexity index is 557. The molecule has 0 saturated carbocycles. The molecule has 2 heterocycles. The van der Waals surface area contributed by atoms with Crippen LogP contribution >= 0.6 is 12.2 Å². The molecule has 0 radical (unpaired) electrons. The predicted molar refractivity (Wildman–Crippen MR) is 72.0 cm³/mol. The first-order valence-corrected chi connectivity index (χ1v) is 5.72. The van der Waals surface area contributed by atoms with E-state index >= 15 is 0 Å². The monoisotopic (exact) mass is 260 g/mol. The highest BCUT2D eigenvalue weighted by Gasteiger charge is 2.04. The fraction of sp³-hybridized carbons (Fsp3) is 0.182. The first kappa shape index (κ1) is 12.3. The van der Waals surface area contributed by atoms with Crippen LogP contribution in [0.2, 0.25) is 0 Å². The molecule has 0 fully saturated rings. The zero-order valence-corrected chi connectivity index (χ0v) is 10.6. The third kappa shape index (κ3) is 3.17. The van der Waals surface area contributed by atoms with Crippen molar-refractivity contribution >= 4 is 23.2 Å². The lowest BCUT2D eigenvalue weighted by Gasteiger charge is -2.06. The van der Waals surface area contributed by atoms with Gasteiger partial charge in [0.2, 0.25) is 5.95 Å². The van der Waals surface area contributed by atoms with Crippen molar-refractivity contribution in [3.05, 3.63) is 41.5 Å². The van der Waals surface area contributed by atoms with E-state index in [0.717, 1.165) is 11.4 Å². The number of hydrogen-bond donors (Lipinski definition) is 2. The maximum Gasteiger partial charge on any atom is 0.223 e. The van der Waals surface area contributed by atoms with E-state index in [1.165, 1.54) is 0 Å². The molecular weight excluding hydrogens is 248 g/mol. The maximum absolute atomic E-state index is 5.55. The highest BCUT2D eigenvalue weighted by atomic mass is 32.1. The number of rotatable bonds is 4. The zero-order valence-electron chi connectivity index (χ0n) is 9.79. The first-order valence-electron chi connectivity index (χ1n) is 5.31. The summed E-state index contributed by atoms with van der Waals surface area (Å²) in [6, 6.07) is 5.43. The lowest BCUT2D eigenvalue weighted by atomic mass is 10.3. The molecular formula is C11H12N6S. The average Bonchev–Trinajstić information content (AvgIpc) is 2.37. The molecule has 2 rings (SSSR count). The lowest BCUT2D eigenvalue weighted by molar-refractivity contribution is 0.910. The Morgan fingerprint density at radius 1 is 1.44 bits per heavy atom. The van der Waals surface area contributed by atoms with Gasteiger partial charge in [-0.2, -0.15) is 10.2 Å². The normalized spacial score (nSPS) is 10.1. The van der Waals surface area contributed by atoms with Crippen LogP contribution in [0.3, 0.4) is 0 Å². The Balaban J connectivity index is 2.12. The summed E-state index contributed by atoms with van der Waals surface area (Å²) < 4.78 is 0. The highest BCUT2D eigenvalue weighted by Crippen LogP contribution is 2.06. The van der Waals surface area contributed by atoms with Crippen LogP contribution in [0.15, 0.2) is 24.4 Å². The highest BCUT2D eigenvalue weighted by molar-refractivity contribution is 7.80. The van der Waals surface area contributed by atoms with E-state index in [2.05, 4.69) is 25.5 Å². The molecule has 7 heteroatoms. The predicted octanol–water partition coefficient (Wildman–Crippen LogP) is 0.821. The van der Waals surface area contributed by atoms with Crippen LogP contribution in [-0.4, -0.2) is 25.2 Å². The second-order valence-electron chi connectivity index (χ2n) is 3.65. The van der Waals surface area contributed by atoms with E-state index in [1.807, 2.05) is 19.1 Å². The molecule has 92 valence electrons. The van der Waals surface area contributed by atoms with Gasteiger partial charge in [-0.1, -0.05) is 12.2 Å². The van der Waals surface area contributed by atoms with E-state index in [9.17, 15) is 0 Å². The van der Waals surface area contributed by atoms with E-state index in [4.69, 9.17) is 18.0 Å². The summed E-state index contributed by atoms with van der Waals surface area (Å²) in [5, 5.41) is 10.8. The van der Waals surface area contributed by atoms with Gasteiger partial charge in [-0.25, -0.2) is 9.97 Å². The quantitative estimate of drug-likeness (QED) is 0.786. The van der Waals surface area contributed by atoms with E-state index in [1.54, 1.807) is 12.3 Å². The van der Waals surface area contributed by atoms with Crippen molar-refractivity contribution in [1.82, 2.24) is 20.2 Å². The molecule has 2 aromatic heterocycles. The van der Waals surface area contributed by atoms with Crippen LogP contribution < -0.4 is 11.1 Å². The third-order valence-electron chi connectivity index (χ3n) is 2.16. The van der Waals surface area contributed by atoms with Crippen LogP contribution in [-0.2, 0) is 6.54 Å². The van der Waals surface area contributed by atoms with Crippen molar-refractivity contribution in [2.45, 2.75) is 13.5 Å². The number of nitrogens with one attached hydrogen (secondary N) is 1. The summed E-state index contributed by atoms with van der Waals surface area (Å²) in [7, 11) is 0. The minimum absolute atomic E-state index is 0.253. The van der Waals surface area contributed by atoms with Gasteiger partial charge < -0.3 is 11.1 Å². The molecule has 18 heavy (non-hydrogen) atoms. The molecule has 0 amide bonds. The van der Waals surface area contributed by atoms with E-state index in [-0.39, 0.29) is 4.99 Å². The van der Waals surface area contributed by atoms with Gasteiger partial charge in [0.05, 0.1) is 12.2 Å². The molecule has 0 bridgehead atoms. The van der Waals surface area contributed by atoms with Crippen molar-refractivity contribution in [2.24, 2.45) is 5.73 Å². The third-order valence-corrected chi connectivity index (χ3v) is 2.37. The summed E-state index contributed by atoms with van der Waals surface area (Å²) in [5.41, 5.74) is 7.71. The molecule has 0 atom stereocenters. The van der Waals surface area contributed by atoms with E-state index < -0.39 is 0 Å². The van der Waals surface area contributed by atoms with Gasteiger partial charge in [0, 0.05) is 11.9 Å². The van der Waals surface area contributed by atoms with Crippen molar-refractivity contribution in [3.8, 4) is 0 Å². The lowest BCUT2D eigenvalue weighted by Crippen LogP contribution is -2.15. The number of aromatic nitrogens is 4. The Kier molecular flexibility index (Phi) is 3.73. The number of aryl methyl sites for hydroxylation is 1. The average molecular weight is 260 g/mol. The van der Waals surface area contributed by atoms with Crippen LogP contribution in [0.5, 0.6) is 0 Å². The van der Waals surface area contributed by atoms with Crippen molar-refractivity contribution in [1.29, 1.82) is 0 Å². The number of nitrogens with zero attached hydrogens (tertiary/aromatic N) is 4. The molecule has 0 aliphatic heterocycles. The van der Waals surface area contributed by atoms with Gasteiger partial charge in [0.1, 0.15) is 10.7 Å².